The van der Waals surface area contributed by atoms with Gasteiger partial charge in [0.05, 0.1) is 35.1 Å². The van der Waals surface area contributed by atoms with Gasteiger partial charge in [-0.2, -0.15) is 0 Å². The Morgan fingerprint density at radius 3 is 2.56 bits per heavy atom. The van der Waals surface area contributed by atoms with E-state index >= 15 is 0 Å². The topological polar surface area (TPSA) is 85.7 Å². The molecular formula is C28H27N3O4S. The Balaban J connectivity index is 1.74. The molecular weight excluding hydrogens is 474 g/mol. The van der Waals surface area contributed by atoms with Gasteiger partial charge in [-0.3, -0.25) is 9.36 Å². The Hall–Kier alpha value is -3.91. The largest absolute Gasteiger partial charge is 0.497 e. The summed E-state index contributed by atoms with van der Waals surface area (Å²) in [5.41, 5.74) is 4.43. The Morgan fingerprint density at radius 2 is 1.86 bits per heavy atom. The van der Waals surface area contributed by atoms with Crippen LogP contribution in [0.1, 0.15) is 43.6 Å². The van der Waals surface area contributed by atoms with E-state index in [1.54, 1.807) is 32.4 Å². The molecule has 1 aliphatic rings. The third-order valence-corrected chi connectivity index (χ3v) is 7.22. The minimum Gasteiger partial charge on any atom is -0.497 e. The molecule has 1 N–H and O–H groups in total. The number of carbonyl (C=O) groups excluding carboxylic acids is 1. The number of nitrogens with zero attached hydrogens (tertiary/aromatic N) is 2. The van der Waals surface area contributed by atoms with E-state index in [1.807, 2.05) is 61.5 Å². The van der Waals surface area contributed by atoms with E-state index in [0.717, 1.165) is 27.7 Å². The Labute approximate surface area is 212 Å². The van der Waals surface area contributed by atoms with Gasteiger partial charge in [0.2, 0.25) is 0 Å². The fraction of sp³-hybridized carbons (Fsp3) is 0.250. The Bertz CT molecular complexity index is 1690. The third-order valence-electron chi connectivity index (χ3n) is 6.23. The number of nitrogens with one attached hydrogen (secondary N) is 1. The molecule has 0 radical (unpaired) electrons. The van der Waals surface area contributed by atoms with Gasteiger partial charge in [-0.15, -0.1) is 0 Å². The van der Waals surface area contributed by atoms with Gasteiger partial charge >= 0.3 is 5.97 Å². The lowest BCUT2D eigenvalue weighted by Crippen LogP contribution is -2.40. The normalized spacial score (nSPS) is 15.8. The lowest BCUT2D eigenvalue weighted by atomic mass is 9.96. The number of allylic oxidation sites excluding steroid dienone is 1. The number of hydrogen-bond acceptors (Lipinski definition) is 6. The summed E-state index contributed by atoms with van der Waals surface area (Å²) >= 11 is 1.32. The van der Waals surface area contributed by atoms with Crippen molar-refractivity contribution in [3.8, 4) is 5.75 Å². The lowest BCUT2D eigenvalue weighted by Gasteiger charge is -2.25. The molecule has 2 aromatic heterocycles. The number of hydrogen-bond donors (Lipinski definition) is 1. The SMILES string of the molecule is COc1ccc([C@@H]2C(C(=O)OC(C)C)=C(C)N=c3sc(=Cc4c(C)[nH]c5ccccc45)c(=O)n32)cc1. The van der Waals surface area contributed by atoms with E-state index in [0.29, 0.717) is 26.4 Å². The van der Waals surface area contributed by atoms with Crippen LogP contribution in [-0.2, 0) is 9.53 Å². The molecule has 0 aliphatic carbocycles. The highest BCUT2D eigenvalue weighted by molar-refractivity contribution is 7.07. The molecule has 36 heavy (non-hydrogen) atoms. The number of esters is 1. The van der Waals surface area contributed by atoms with E-state index in [-0.39, 0.29) is 11.7 Å². The van der Waals surface area contributed by atoms with Crippen molar-refractivity contribution in [2.75, 3.05) is 7.11 Å². The van der Waals surface area contributed by atoms with Crippen molar-refractivity contribution in [2.45, 2.75) is 39.8 Å². The second kappa shape index (κ2) is 9.28. The van der Waals surface area contributed by atoms with E-state index in [9.17, 15) is 9.59 Å². The zero-order valence-electron chi connectivity index (χ0n) is 20.8. The average molecular weight is 502 g/mol. The number of benzene rings is 2. The number of ether oxygens (including phenoxy) is 2. The van der Waals surface area contributed by atoms with E-state index < -0.39 is 12.0 Å². The molecule has 3 heterocycles. The maximum absolute atomic E-state index is 13.9. The molecule has 184 valence electrons. The molecule has 0 fully saturated rings. The predicted molar refractivity (Wildman–Crippen MR) is 141 cm³/mol. The number of H-pyrrole nitrogens is 1. The van der Waals surface area contributed by atoms with Crippen LogP contribution >= 0.6 is 11.3 Å². The van der Waals surface area contributed by atoms with Gasteiger partial charge in [-0.05, 0) is 57.5 Å². The first kappa shape index (κ1) is 23.8. The maximum Gasteiger partial charge on any atom is 0.338 e. The molecule has 8 heteroatoms. The number of aromatic amines is 1. The molecule has 5 rings (SSSR count). The number of methoxy groups -OCH3 is 1. The van der Waals surface area contributed by atoms with Crippen LogP contribution in [0.5, 0.6) is 5.75 Å². The predicted octanol–water partition coefficient (Wildman–Crippen LogP) is 3.99. The van der Waals surface area contributed by atoms with Crippen LogP contribution in [0.2, 0.25) is 0 Å². The maximum atomic E-state index is 13.9. The molecule has 0 saturated heterocycles. The first-order valence-electron chi connectivity index (χ1n) is 11.7. The summed E-state index contributed by atoms with van der Waals surface area (Å²) in [5.74, 6) is 0.210. The molecule has 0 bridgehead atoms. The van der Waals surface area contributed by atoms with Gasteiger partial charge in [-0.1, -0.05) is 41.7 Å². The van der Waals surface area contributed by atoms with Gasteiger partial charge in [0, 0.05) is 22.2 Å². The number of aromatic nitrogens is 2. The summed E-state index contributed by atoms with van der Waals surface area (Å²) in [6.45, 7) is 7.38. The van der Waals surface area contributed by atoms with Crippen LogP contribution < -0.4 is 19.6 Å². The molecule has 0 amide bonds. The molecule has 0 spiro atoms. The lowest BCUT2D eigenvalue weighted by molar-refractivity contribution is -0.143. The van der Waals surface area contributed by atoms with Crippen molar-refractivity contribution in [3.63, 3.8) is 0 Å². The summed E-state index contributed by atoms with van der Waals surface area (Å²) in [5, 5.41) is 1.05. The molecule has 1 aliphatic heterocycles. The summed E-state index contributed by atoms with van der Waals surface area (Å²) in [6.07, 6.45) is 1.61. The first-order valence-corrected chi connectivity index (χ1v) is 12.5. The summed E-state index contributed by atoms with van der Waals surface area (Å²) in [6, 6.07) is 14.7. The zero-order chi connectivity index (χ0) is 25.6. The van der Waals surface area contributed by atoms with Crippen molar-refractivity contribution < 1.29 is 14.3 Å². The number of carbonyl (C=O) groups is 1. The number of para-hydroxylation sites is 1. The smallest absolute Gasteiger partial charge is 0.338 e. The van der Waals surface area contributed by atoms with Crippen LogP contribution in [0, 0.1) is 6.92 Å². The molecule has 1 atom stereocenters. The molecule has 4 aromatic rings. The first-order chi connectivity index (χ1) is 17.3. The fourth-order valence-corrected chi connectivity index (χ4v) is 5.61. The van der Waals surface area contributed by atoms with Crippen molar-refractivity contribution in [2.24, 2.45) is 4.99 Å². The summed E-state index contributed by atoms with van der Waals surface area (Å²) in [7, 11) is 1.60. The number of fused-ring (bicyclic) bond motifs is 2. The molecule has 0 unspecified atom stereocenters. The number of rotatable bonds is 5. The Morgan fingerprint density at radius 1 is 1.14 bits per heavy atom. The van der Waals surface area contributed by atoms with Crippen LogP contribution in [0.4, 0.5) is 0 Å². The monoisotopic (exact) mass is 501 g/mol. The minimum absolute atomic E-state index is 0.202. The van der Waals surface area contributed by atoms with Crippen molar-refractivity contribution >= 4 is 34.3 Å². The molecule has 2 aromatic carbocycles. The zero-order valence-corrected chi connectivity index (χ0v) is 21.6. The summed E-state index contributed by atoms with van der Waals surface area (Å²) in [4.78, 5) is 35.7. The quantitative estimate of drug-likeness (QED) is 0.419. The van der Waals surface area contributed by atoms with Crippen molar-refractivity contribution in [1.29, 1.82) is 0 Å². The minimum atomic E-state index is -0.662. The molecule has 0 saturated carbocycles. The standard InChI is InChI=1S/C28H27N3O4S/c1-15(2)35-27(33)24-17(4)30-28-31(25(24)18-10-12-19(34-5)13-11-18)26(32)23(36-28)14-21-16(3)29-22-9-7-6-8-20(21)22/h6-15,25,29H,1-5H3/t25-/m1/s1. The van der Waals surface area contributed by atoms with Crippen LogP contribution in [0.3, 0.4) is 0 Å². The average Bonchev–Trinajstić information content (AvgIpc) is 3.33. The van der Waals surface area contributed by atoms with Crippen molar-refractivity contribution in [1.82, 2.24) is 9.55 Å². The van der Waals surface area contributed by atoms with Gasteiger partial charge in [0.1, 0.15) is 5.75 Å². The van der Waals surface area contributed by atoms with Crippen LogP contribution in [0.25, 0.3) is 17.0 Å². The van der Waals surface area contributed by atoms with E-state index in [1.165, 1.54) is 11.3 Å². The Kier molecular flexibility index (Phi) is 6.14. The number of aryl methyl sites for hydroxylation is 1. The van der Waals surface area contributed by atoms with E-state index in [2.05, 4.69) is 9.98 Å². The summed E-state index contributed by atoms with van der Waals surface area (Å²) < 4.78 is 13.0. The van der Waals surface area contributed by atoms with Gasteiger partial charge in [0.15, 0.2) is 4.80 Å². The second-order valence-corrected chi connectivity index (χ2v) is 10.0. The fourth-order valence-electron chi connectivity index (χ4n) is 4.58. The van der Waals surface area contributed by atoms with Crippen LogP contribution in [-0.4, -0.2) is 28.7 Å². The highest BCUT2D eigenvalue weighted by atomic mass is 32.1. The van der Waals surface area contributed by atoms with Crippen LogP contribution in [0.15, 0.2) is 69.6 Å². The highest BCUT2D eigenvalue weighted by Crippen LogP contribution is 2.32. The third kappa shape index (κ3) is 4.07. The van der Waals surface area contributed by atoms with Crippen molar-refractivity contribution in [3.05, 3.63) is 96.3 Å². The van der Waals surface area contributed by atoms with Gasteiger partial charge in [-0.25, -0.2) is 9.79 Å². The van der Waals surface area contributed by atoms with E-state index in [4.69, 9.17) is 9.47 Å². The number of thiazole rings is 1. The van der Waals surface area contributed by atoms with Gasteiger partial charge < -0.3 is 14.5 Å². The highest BCUT2D eigenvalue weighted by Gasteiger charge is 2.33. The second-order valence-electron chi connectivity index (χ2n) is 9.02. The molecule has 7 nitrogen and oxygen atoms in total. The van der Waals surface area contributed by atoms with Gasteiger partial charge in [0.25, 0.3) is 5.56 Å².